The summed E-state index contributed by atoms with van der Waals surface area (Å²) in [6.45, 7) is 1.89. The number of aryl methyl sites for hydroxylation is 1. The predicted octanol–water partition coefficient (Wildman–Crippen LogP) is 2.25. The van der Waals surface area contributed by atoms with E-state index < -0.39 is 5.97 Å². The standard InChI is InChI=1S/C12H10O4/c1-7-2-3-9-10(13)5-8(12(14)15)6-16-11(9)4-7/h2-6,13H,1H3,(H,14,15). The Morgan fingerprint density at radius 3 is 2.81 bits per heavy atom. The number of carboxylic acids is 1. The van der Waals surface area contributed by atoms with E-state index in [2.05, 4.69) is 0 Å². The molecule has 0 saturated carbocycles. The molecule has 0 saturated heterocycles. The van der Waals surface area contributed by atoms with Crippen LogP contribution in [0.3, 0.4) is 0 Å². The quantitative estimate of drug-likeness (QED) is 0.758. The fourth-order valence-corrected chi connectivity index (χ4v) is 1.44. The van der Waals surface area contributed by atoms with Crippen molar-refractivity contribution in [1.29, 1.82) is 0 Å². The first-order valence-electron chi connectivity index (χ1n) is 4.70. The fourth-order valence-electron chi connectivity index (χ4n) is 1.44. The normalized spacial score (nSPS) is 14.1. The van der Waals surface area contributed by atoms with Gasteiger partial charge in [0.15, 0.2) is 0 Å². The first kappa shape index (κ1) is 10.3. The van der Waals surface area contributed by atoms with E-state index >= 15 is 0 Å². The summed E-state index contributed by atoms with van der Waals surface area (Å²) >= 11 is 0. The van der Waals surface area contributed by atoms with Crippen LogP contribution in [0, 0.1) is 6.92 Å². The van der Waals surface area contributed by atoms with E-state index in [1.807, 2.05) is 13.0 Å². The minimum Gasteiger partial charge on any atom is -0.507 e. The Morgan fingerprint density at radius 2 is 2.12 bits per heavy atom. The summed E-state index contributed by atoms with van der Waals surface area (Å²) in [5.74, 6) is -0.803. The van der Waals surface area contributed by atoms with Crippen LogP contribution in [0.2, 0.25) is 0 Å². The molecule has 82 valence electrons. The third-order valence-electron chi connectivity index (χ3n) is 2.27. The van der Waals surface area contributed by atoms with E-state index in [0.29, 0.717) is 11.3 Å². The summed E-state index contributed by atoms with van der Waals surface area (Å²) in [5, 5.41) is 18.5. The van der Waals surface area contributed by atoms with E-state index in [4.69, 9.17) is 9.84 Å². The van der Waals surface area contributed by atoms with Gasteiger partial charge in [0, 0.05) is 0 Å². The first-order chi connectivity index (χ1) is 7.58. The average molecular weight is 218 g/mol. The van der Waals surface area contributed by atoms with Crippen molar-refractivity contribution in [1.82, 2.24) is 0 Å². The van der Waals surface area contributed by atoms with Crippen LogP contribution in [0.15, 0.2) is 36.1 Å². The number of hydrogen-bond donors (Lipinski definition) is 2. The summed E-state index contributed by atoms with van der Waals surface area (Å²) in [4.78, 5) is 10.8. The van der Waals surface area contributed by atoms with Crippen LogP contribution in [0.1, 0.15) is 11.1 Å². The number of carbonyl (C=O) groups is 1. The fraction of sp³-hybridized carbons (Fsp3) is 0.0833. The van der Waals surface area contributed by atoms with Gasteiger partial charge in [-0.2, -0.15) is 0 Å². The molecule has 4 nitrogen and oxygen atoms in total. The Morgan fingerprint density at radius 1 is 1.38 bits per heavy atom. The van der Waals surface area contributed by atoms with Gasteiger partial charge in [0.2, 0.25) is 0 Å². The van der Waals surface area contributed by atoms with Crippen LogP contribution in [-0.4, -0.2) is 16.2 Å². The molecule has 0 atom stereocenters. The summed E-state index contributed by atoms with van der Waals surface area (Å²) < 4.78 is 5.22. The van der Waals surface area contributed by atoms with Crippen molar-refractivity contribution in [3.05, 3.63) is 47.2 Å². The maximum atomic E-state index is 10.8. The van der Waals surface area contributed by atoms with Crippen molar-refractivity contribution >= 4 is 11.7 Å². The number of aliphatic hydroxyl groups excluding tert-OH is 1. The molecule has 2 rings (SSSR count). The lowest BCUT2D eigenvalue weighted by molar-refractivity contribution is -0.132. The van der Waals surface area contributed by atoms with Gasteiger partial charge in [0.1, 0.15) is 17.8 Å². The van der Waals surface area contributed by atoms with Crippen LogP contribution in [0.4, 0.5) is 0 Å². The molecule has 0 bridgehead atoms. The van der Waals surface area contributed by atoms with Crippen molar-refractivity contribution in [3.8, 4) is 5.75 Å². The molecule has 1 heterocycles. The molecule has 0 aromatic heterocycles. The highest BCUT2D eigenvalue weighted by Gasteiger charge is 2.15. The number of carboxylic acid groups (broad SMARTS) is 1. The van der Waals surface area contributed by atoms with Gasteiger partial charge >= 0.3 is 5.97 Å². The molecule has 1 aromatic rings. The molecule has 16 heavy (non-hydrogen) atoms. The van der Waals surface area contributed by atoms with Gasteiger partial charge in [-0.25, -0.2) is 4.79 Å². The molecule has 0 aliphatic carbocycles. The van der Waals surface area contributed by atoms with Gasteiger partial charge in [0.05, 0.1) is 11.1 Å². The topological polar surface area (TPSA) is 66.8 Å². The van der Waals surface area contributed by atoms with Gasteiger partial charge in [-0.15, -0.1) is 0 Å². The van der Waals surface area contributed by atoms with Crippen molar-refractivity contribution in [2.75, 3.05) is 0 Å². The minimum atomic E-state index is -1.14. The monoisotopic (exact) mass is 218 g/mol. The van der Waals surface area contributed by atoms with Crippen molar-refractivity contribution in [2.24, 2.45) is 0 Å². The number of hydrogen-bond acceptors (Lipinski definition) is 3. The van der Waals surface area contributed by atoms with Crippen LogP contribution in [0.5, 0.6) is 5.75 Å². The second-order valence-electron chi connectivity index (χ2n) is 3.53. The minimum absolute atomic E-state index is 0.0913. The van der Waals surface area contributed by atoms with Gasteiger partial charge in [-0.1, -0.05) is 6.07 Å². The van der Waals surface area contributed by atoms with Gasteiger partial charge in [-0.05, 0) is 30.7 Å². The molecular formula is C12H10O4. The number of benzene rings is 1. The van der Waals surface area contributed by atoms with E-state index in [1.54, 1.807) is 12.1 Å². The Kier molecular flexibility index (Phi) is 2.40. The molecule has 0 spiro atoms. The number of aliphatic carboxylic acids is 1. The predicted molar refractivity (Wildman–Crippen MR) is 58.1 cm³/mol. The summed E-state index contributed by atoms with van der Waals surface area (Å²) in [6.07, 6.45) is 2.29. The Bertz CT molecular complexity index is 512. The number of aliphatic hydroxyl groups is 1. The Hall–Kier alpha value is -2.23. The number of ether oxygens (including phenoxy) is 1. The summed E-state index contributed by atoms with van der Waals surface area (Å²) in [5.41, 5.74) is 1.36. The van der Waals surface area contributed by atoms with E-state index in [9.17, 15) is 9.90 Å². The molecule has 0 radical (unpaired) electrons. The SMILES string of the molecule is Cc1ccc2c(c1)OC=C(C(=O)O)C=C2O. The molecule has 1 aromatic carbocycles. The molecule has 2 N–H and O–H groups in total. The lowest BCUT2D eigenvalue weighted by Crippen LogP contribution is -1.98. The third kappa shape index (κ3) is 1.77. The second kappa shape index (κ2) is 3.73. The van der Waals surface area contributed by atoms with Crippen molar-refractivity contribution in [2.45, 2.75) is 6.92 Å². The number of rotatable bonds is 1. The van der Waals surface area contributed by atoms with Crippen molar-refractivity contribution in [3.63, 3.8) is 0 Å². The van der Waals surface area contributed by atoms with Crippen LogP contribution >= 0.6 is 0 Å². The van der Waals surface area contributed by atoms with Gasteiger partial charge < -0.3 is 14.9 Å². The maximum absolute atomic E-state index is 10.8. The van der Waals surface area contributed by atoms with Crippen LogP contribution < -0.4 is 4.74 Å². The van der Waals surface area contributed by atoms with E-state index in [1.165, 1.54) is 6.08 Å². The molecular weight excluding hydrogens is 208 g/mol. The van der Waals surface area contributed by atoms with E-state index in [-0.39, 0.29) is 11.3 Å². The average Bonchev–Trinajstić information content (AvgIpc) is 2.38. The lowest BCUT2D eigenvalue weighted by atomic mass is 10.1. The maximum Gasteiger partial charge on any atom is 0.338 e. The summed E-state index contributed by atoms with van der Waals surface area (Å²) in [6, 6.07) is 5.24. The van der Waals surface area contributed by atoms with Crippen molar-refractivity contribution < 1.29 is 19.7 Å². The molecule has 0 unspecified atom stereocenters. The summed E-state index contributed by atoms with van der Waals surface area (Å²) in [7, 11) is 0. The zero-order chi connectivity index (χ0) is 11.7. The Balaban J connectivity index is 2.53. The molecule has 0 fully saturated rings. The highest BCUT2D eigenvalue weighted by molar-refractivity contribution is 5.92. The molecule has 1 aliphatic heterocycles. The lowest BCUT2D eigenvalue weighted by Gasteiger charge is -2.06. The highest BCUT2D eigenvalue weighted by Crippen LogP contribution is 2.29. The number of fused-ring (bicyclic) bond motifs is 1. The van der Waals surface area contributed by atoms with E-state index in [0.717, 1.165) is 11.8 Å². The first-order valence-corrected chi connectivity index (χ1v) is 4.70. The smallest absolute Gasteiger partial charge is 0.338 e. The van der Waals surface area contributed by atoms with Gasteiger partial charge in [0.25, 0.3) is 0 Å². The largest absolute Gasteiger partial charge is 0.507 e. The molecule has 0 amide bonds. The van der Waals surface area contributed by atoms with Crippen LogP contribution in [-0.2, 0) is 4.79 Å². The van der Waals surface area contributed by atoms with Crippen LogP contribution in [0.25, 0.3) is 5.76 Å². The zero-order valence-electron chi connectivity index (χ0n) is 8.60. The second-order valence-corrected chi connectivity index (χ2v) is 3.53. The third-order valence-corrected chi connectivity index (χ3v) is 2.27. The Labute approximate surface area is 92.1 Å². The highest BCUT2D eigenvalue weighted by atomic mass is 16.5. The van der Waals surface area contributed by atoms with Gasteiger partial charge in [-0.3, -0.25) is 0 Å². The zero-order valence-corrected chi connectivity index (χ0v) is 8.60. The molecule has 4 heteroatoms. The molecule has 1 aliphatic rings.